The fourth-order valence-electron chi connectivity index (χ4n) is 2.95. The first-order valence-electron chi connectivity index (χ1n) is 10.4. The first-order chi connectivity index (χ1) is 13.4. The van der Waals surface area contributed by atoms with Crippen LogP contribution in [0.4, 0.5) is 0 Å². The molecule has 7 heteroatoms. The summed E-state index contributed by atoms with van der Waals surface area (Å²) in [5.74, 6) is -0.626. The number of ether oxygens (including phenoxy) is 1. The van der Waals surface area contributed by atoms with E-state index in [1.165, 1.54) is 63.1 Å². The number of nitrogens with one attached hydrogen (secondary N) is 1. The predicted molar refractivity (Wildman–Crippen MR) is 111 cm³/mol. The molecular weight excluding hydrogens is 378 g/mol. The number of benzene rings is 1. The highest BCUT2D eigenvalue weighted by molar-refractivity contribution is 7.86. The van der Waals surface area contributed by atoms with Crippen molar-refractivity contribution in [3.63, 3.8) is 0 Å². The van der Waals surface area contributed by atoms with E-state index in [0.717, 1.165) is 25.9 Å². The molecule has 0 heterocycles. The molecule has 1 aromatic carbocycles. The highest BCUT2D eigenvalue weighted by atomic mass is 32.2. The lowest BCUT2D eigenvalue weighted by atomic mass is 10.1. The van der Waals surface area contributed by atoms with Crippen LogP contribution in [0.1, 0.15) is 77.6 Å². The zero-order chi connectivity index (χ0) is 20.7. The molecule has 0 amide bonds. The van der Waals surface area contributed by atoms with Gasteiger partial charge in [0.1, 0.15) is 4.90 Å². The molecule has 0 radical (unpaired) electrons. The molecule has 0 saturated carbocycles. The van der Waals surface area contributed by atoms with E-state index in [1.807, 2.05) is 0 Å². The molecule has 0 aliphatic rings. The zero-order valence-electron chi connectivity index (χ0n) is 17.0. The van der Waals surface area contributed by atoms with Crippen LogP contribution in [-0.4, -0.2) is 32.0 Å². The van der Waals surface area contributed by atoms with Crippen molar-refractivity contribution < 1.29 is 22.5 Å². The van der Waals surface area contributed by atoms with Crippen LogP contribution in [0.3, 0.4) is 0 Å². The van der Waals surface area contributed by atoms with Gasteiger partial charge in [-0.2, -0.15) is 8.42 Å². The third-order valence-electron chi connectivity index (χ3n) is 4.54. The van der Waals surface area contributed by atoms with Gasteiger partial charge in [-0.1, -0.05) is 64.0 Å². The summed E-state index contributed by atoms with van der Waals surface area (Å²) in [5, 5.41) is 3.43. The van der Waals surface area contributed by atoms with E-state index in [1.54, 1.807) is 6.07 Å². The second-order valence-electron chi connectivity index (χ2n) is 7.08. The highest BCUT2D eigenvalue weighted by Crippen LogP contribution is 2.23. The Morgan fingerprint density at radius 1 is 0.929 bits per heavy atom. The smallest absolute Gasteiger partial charge is 0.311 e. The van der Waals surface area contributed by atoms with Gasteiger partial charge < -0.3 is 10.1 Å². The number of rotatable bonds is 16. The number of hydrogen-bond donors (Lipinski definition) is 2. The highest BCUT2D eigenvalue weighted by Gasteiger charge is 2.18. The Bertz CT molecular complexity index is 661. The Balaban J connectivity index is 2.05. The Labute approximate surface area is 169 Å². The molecule has 0 aliphatic heterocycles. The first-order valence-corrected chi connectivity index (χ1v) is 11.9. The maximum Gasteiger partial charge on any atom is 0.311 e. The van der Waals surface area contributed by atoms with Crippen LogP contribution in [0.2, 0.25) is 0 Å². The molecule has 0 aliphatic carbocycles. The van der Waals surface area contributed by atoms with Gasteiger partial charge in [0, 0.05) is 6.42 Å². The van der Waals surface area contributed by atoms with Crippen LogP contribution in [-0.2, 0) is 14.9 Å². The molecule has 0 spiro atoms. The third kappa shape index (κ3) is 11.4. The standard InChI is InChI=1S/C21H35NO5S/c1-2-3-4-5-6-7-12-17-22-18-13-8-9-16-21(23)27-19-14-10-11-15-20(19)28(24,25)26/h10-11,14-15,22H,2-9,12-13,16-18H2,1H3,(H,24,25,26). The molecule has 0 unspecified atom stereocenters. The molecule has 0 saturated heterocycles. The average Bonchev–Trinajstić information content (AvgIpc) is 2.65. The molecule has 6 nitrogen and oxygen atoms in total. The lowest BCUT2D eigenvalue weighted by Crippen LogP contribution is -2.16. The zero-order valence-corrected chi connectivity index (χ0v) is 17.8. The summed E-state index contributed by atoms with van der Waals surface area (Å²) in [6, 6.07) is 5.57. The summed E-state index contributed by atoms with van der Waals surface area (Å²) in [4.78, 5) is 11.5. The average molecular weight is 414 g/mol. The van der Waals surface area contributed by atoms with Crippen LogP contribution in [0, 0.1) is 0 Å². The van der Waals surface area contributed by atoms with E-state index in [0.29, 0.717) is 6.42 Å². The number of para-hydroxylation sites is 1. The SMILES string of the molecule is CCCCCCCCCNCCCCCC(=O)Oc1ccccc1S(=O)(=O)O. The lowest BCUT2D eigenvalue weighted by Gasteiger charge is -2.08. The monoisotopic (exact) mass is 413 g/mol. The summed E-state index contributed by atoms with van der Waals surface area (Å²) in [6.45, 7) is 4.22. The van der Waals surface area contributed by atoms with Crippen molar-refractivity contribution in [3.8, 4) is 5.75 Å². The Morgan fingerprint density at radius 3 is 2.14 bits per heavy atom. The number of unbranched alkanes of at least 4 members (excludes halogenated alkanes) is 8. The van der Waals surface area contributed by atoms with E-state index in [4.69, 9.17) is 9.29 Å². The minimum Gasteiger partial charge on any atom is -0.425 e. The van der Waals surface area contributed by atoms with Gasteiger partial charge in [0.15, 0.2) is 5.75 Å². The molecule has 1 rings (SSSR count). The molecule has 1 aromatic rings. The van der Waals surface area contributed by atoms with E-state index in [-0.39, 0.29) is 12.2 Å². The van der Waals surface area contributed by atoms with Crippen LogP contribution < -0.4 is 10.1 Å². The van der Waals surface area contributed by atoms with E-state index >= 15 is 0 Å². The largest absolute Gasteiger partial charge is 0.425 e. The number of carbonyl (C=O) groups is 1. The van der Waals surface area contributed by atoms with E-state index in [2.05, 4.69) is 12.2 Å². The topological polar surface area (TPSA) is 92.7 Å². The molecule has 0 bridgehead atoms. The second kappa shape index (κ2) is 14.5. The van der Waals surface area contributed by atoms with Crippen molar-refractivity contribution in [2.24, 2.45) is 0 Å². The van der Waals surface area contributed by atoms with Crippen molar-refractivity contribution in [3.05, 3.63) is 24.3 Å². The van der Waals surface area contributed by atoms with Gasteiger partial charge >= 0.3 is 5.97 Å². The molecule has 0 aromatic heterocycles. The number of esters is 1. The summed E-state index contributed by atoms with van der Waals surface area (Å²) in [6.07, 6.45) is 12.0. The third-order valence-corrected chi connectivity index (χ3v) is 5.44. The lowest BCUT2D eigenvalue weighted by molar-refractivity contribution is -0.134. The van der Waals surface area contributed by atoms with Crippen LogP contribution in [0.25, 0.3) is 0 Å². The maximum absolute atomic E-state index is 11.9. The van der Waals surface area contributed by atoms with Crippen molar-refractivity contribution in [2.75, 3.05) is 13.1 Å². The summed E-state index contributed by atoms with van der Waals surface area (Å²) >= 11 is 0. The molecule has 160 valence electrons. The second-order valence-corrected chi connectivity index (χ2v) is 8.47. The van der Waals surface area contributed by atoms with Crippen molar-refractivity contribution in [2.45, 2.75) is 82.4 Å². The predicted octanol–water partition coefficient (Wildman–Crippen LogP) is 4.74. The normalized spacial score (nSPS) is 11.5. The molecular formula is C21H35NO5S. The van der Waals surface area contributed by atoms with E-state index in [9.17, 15) is 13.2 Å². The van der Waals surface area contributed by atoms with Gasteiger partial charge in [-0.15, -0.1) is 0 Å². The Kier molecular flexibility index (Phi) is 12.8. The summed E-state index contributed by atoms with van der Waals surface area (Å²) in [5.41, 5.74) is 0. The molecule has 28 heavy (non-hydrogen) atoms. The van der Waals surface area contributed by atoms with Gasteiger partial charge in [-0.05, 0) is 44.5 Å². The minimum atomic E-state index is -4.41. The Hall–Kier alpha value is -1.44. The van der Waals surface area contributed by atoms with E-state index < -0.39 is 21.0 Å². The molecule has 0 atom stereocenters. The number of hydrogen-bond acceptors (Lipinski definition) is 5. The van der Waals surface area contributed by atoms with Crippen LogP contribution in [0.5, 0.6) is 5.75 Å². The minimum absolute atomic E-state index is 0.133. The van der Waals surface area contributed by atoms with Crippen molar-refractivity contribution >= 4 is 16.1 Å². The van der Waals surface area contributed by atoms with Gasteiger partial charge in [0.2, 0.25) is 0 Å². The van der Waals surface area contributed by atoms with Gasteiger partial charge in [-0.3, -0.25) is 9.35 Å². The quantitative estimate of drug-likeness (QED) is 0.176. The first kappa shape index (κ1) is 24.6. The maximum atomic E-state index is 11.9. The van der Waals surface area contributed by atoms with Crippen LogP contribution in [0.15, 0.2) is 29.2 Å². The van der Waals surface area contributed by atoms with Gasteiger partial charge in [0.25, 0.3) is 10.1 Å². The summed E-state index contributed by atoms with van der Waals surface area (Å²) < 4.78 is 36.8. The van der Waals surface area contributed by atoms with Gasteiger partial charge in [0.05, 0.1) is 0 Å². The van der Waals surface area contributed by atoms with Crippen LogP contribution >= 0.6 is 0 Å². The number of carbonyl (C=O) groups excluding carboxylic acids is 1. The van der Waals surface area contributed by atoms with Crippen molar-refractivity contribution in [1.82, 2.24) is 5.32 Å². The van der Waals surface area contributed by atoms with Gasteiger partial charge in [-0.25, -0.2) is 0 Å². The molecule has 2 N–H and O–H groups in total. The fourth-order valence-corrected chi connectivity index (χ4v) is 3.56. The summed E-state index contributed by atoms with van der Waals surface area (Å²) in [7, 11) is -4.41. The Morgan fingerprint density at radius 2 is 1.50 bits per heavy atom. The molecule has 0 fully saturated rings. The fraction of sp³-hybridized carbons (Fsp3) is 0.667. The van der Waals surface area contributed by atoms with Crippen molar-refractivity contribution in [1.29, 1.82) is 0 Å².